The Kier molecular flexibility index (Phi) is 5.16. The van der Waals surface area contributed by atoms with E-state index in [4.69, 9.17) is 16.3 Å². The van der Waals surface area contributed by atoms with Crippen molar-refractivity contribution in [2.75, 3.05) is 20.2 Å². The van der Waals surface area contributed by atoms with E-state index >= 15 is 0 Å². The van der Waals surface area contributed by atoms with Crippen LogP contribution in [0.2, 0.25) is 5.02 Å². The first-order valence-corrected chi connectivity index (χ1v) is 7.03. The van der Waals surface area contributed by atoms with Crippen LogP contribution < -0.4 is 4.74 Å². The van der Waals surface area contributed by atoms with Gasteiger partial charge in [0.2, 0.25) is 5.82 Å². The van der Waals surface area contributed by atoms with E-state index < -0.39 is 0 Å². The number of likely N-dealkylation sites (N-methyl/N-ethyl adjacent to an activating group) is 1. The number of nitrogens with zero attached hydrogens (tertiary/aromatic N) is 3. The van der Waals surface area contributed by atoms with Crippen LogP contribution in [0.1, 0.15) is 23.4 Å². The van der Waals surface area contributed by atoms with E-state index in [-0.39, 0.29) is 11.7 Å². The number of aromatic nitrogens is 3. The molecule has 0 radical (unpaired) electrons. The molecule has 2 rings (SSSR count). The van der Waals surface area contributed by atoms with Gasteiger partial charge in [0, 0.05) is 18.5 Å². The Labute approximate surface area is 128 Å². The number of H-pyrrole nitrogens is 1. The Bertz CT molecular complexity index is 597. The third-order valence-electron chi connectivity index (χ3n) is 2.91. The SMILES string of the molecule is CCc1nc(C(=O)N(C)CCOc2ccc(Cl)cc2)n[nH]1. The summed E-state index contributed by atoms with van der Waals surface area (Å²) in [6.07, 6.45) is 0.712. The normalized spacial score (nSPS) is 10.4. The summed E-state index contributed by atoms with van der Waals surface area (Å²) in [5, 5.41) is 7.29. The molecule has 0 spiro atoms. The molecule has 0 atom stereocenters. The topological polar surface area (TPSA) is 71.1 Å². The Morgan fingerprint density at radius 2 is 2.10 bits per heavy atom. The second kappa shape index (κ2) is 7.08. The second-order valence-corrected chi connectivity index (χ2v) is 4.92. The predicted molar refractivity (Wildman–Crippen MR) is 79.7 cm³/mol. The number of aromatic amines is 1. The number of aryl methyl sites for hydroxylation is 1. The summed E-state index contributed by atoms with van der Waals surface area (Å²) in [7, 11) is 1.69. The molecule has 6 nitrogen and oxygen atoms in total. The molecule has 2 aromatic rings. The molecule has 1 aromatic heterocycles. The van der Waals surface area contributed by atoms with Crippen LogP contribution in [-0.2, 0) is 6.42 Å². The first-order chi connectivity index (χ1) is 10.1. The van der Waals surface area contributed by atoms with Gasteiger partial charge in [0.1, 0.15) is 18.2 Å². The molecule has 21 heavy (non-hydrogen) atoms. The first kappa shape index (κ1) is 15.3. The molecule has 0 aliphatic rings. The molecular formula is C14H17ClN4O2. The summed E-state index contributed by atoms with van der Waals surface area (Å²) < 4.78 is 5.54. The van der Waals surface area contributed by atoms with Crippen molar-refractivity contribution in [3.8, 4) is 5.75 Å². The molecule has 0 bridgehead atoms. The summed E-state index contributed by atoms with van der Waals surface area (Å²) in [5.41, 5.74) is 0. The van der Waals surface area contributed by atoms with Crippen LogP contribution in [0.3, 0.4) is 0 Å². The maximum Gasteiger partial charge on any atom is 0.293 e. The zero-order chi connectivity index (χ0) is 15.2. The van der Waals surface area contributed by atoms with E-state index in [1.54, 1.807) is 31.3 Å². The quantitative estimate of drug-likeness (QED) is 0.888. The lowest BCUT2D eigenvalue weighted by molar-refractivity contribution is 0.0762. The summed E-state index contributed by atoms with van der Waals surface area (Å²) in [6, 6.07) is 7.08. The van der Waals surface area contributed by atoms with Gasteiger partial charge in [0.05, 0.1) is 6.54 Å². The molecule has 0 fully saturated rings. The minimum Gasteiger partial charge on any atom is -0.492 e. The molecule has 7 heteroatoms. The largest absolute Gasteiger partial charge is 0.492 e. The van der Waals surface area contributed by atoms with E-state index in [1.165, 1.54) is 4.90 Å². The maximum absolute atomic E-state index is 12.1. The molecule has 1 aromatic carbocycles. The predicted octanol–water partition coefficient (Wildman–Crippen LogP) is 2.17. The fourth-order valence-electron chi connectivity index (χ4n) is 1.65. The van der Waals surface area contributed by atoms with Crippen molar-refractivity contribution in [2.45, 2.75) is 13.3 Å². The van der Waals surface area contributed by atoms with Crippen molar-refractivity contribution in [3.05, 3.63) is 40.9 Å². The molecule has 1 heterocycles. The van der Waals surface area contributed by atoms with Crippen LogP contribution in [-0.4, -0.2) is 46.2 Å². The van der Waals surface area contributed by atoms with Crippen molar-refractivity contribution in [3.63, 3.8) is 0 Å². The zero-order valence-corrected chi connectivity index (χ0v) is 12.7. The Balaban J connectivity index is 1.82. The third-order valence-corrected chi connectivity index (χ3v) is 3.17. The molecule has 0 saturated carbocycles. The molecule has 0 unspecified atom stereocenters. The van der Waals surface area contributed by atoms with Gasteiger partial charge in [0.25, 0.3) is 5.91 Å². The first-order valence-electron chi connectivity index (χ1n) is 6.65. The van der Waals surface area contributed by atoms with Gasteiger partial charge in [-0.25, -0.2) is 4.98 Å². The third kappa shape index (κ3) is 4.19. The highest BCUT2D eigenvalue weighted by molar-refractivity contribution is 6.30. The molecular weight excluding hydrogens is 292 g/mol. The van der Waals surface area contributed by atoms with Gasteiger partial charge in [-0.05, 0) is 24.3 Å². The summed E-state index contributed by atoms with van der Waals surface area (Å²) >= 11 is 5.79. The van der Waals surface area contributed by atoms with Crippen LogP contribution in [0.4, 0.5) is 0 Å². The van der Waals surface area contributed by atoms with Crippen LogP contribution in [0, 0.1) is 0 Å². The maximum atomic E-state index is 12.1. The number of hydrogen-bond donors (Lipinski definition) is 1. The van der Waals surface area contributed by atoms with Crippen molar-refractivity contribution in [2.24, 2.45) is 0 Å². The van der Waals surface area contributed by atoms with E-state index in [0.29, 0.717) is 36.2 Å². The number of amides is 1. The van der Waals surface area contributed by atoms with Crippen molar-refractivity contribution in [1.29, 1.82) is 0 Å². The fraction of sp³-hybridized carbons (Fsp3) is 0.357. The number of ether oxygens (including phenoxy) is 1. The lowest BCUT2D eigenvalue weighted by atomic mass is 10.3. The Morgan fingerprint density at radius 3 is 2.71 bits per heavy atom. The molecule has 0 aliphatic heterocycles. The molecule has 1 N–H and O–H groups in total. The van der Waals surface area contributed by atoms with E-state index in [9.17, 15) is 4.79 Å². The van der Waals surface area contributed by atoms with Crippen LogP contribution >= 0.6 is 11.6 Å². The van der Waals surface area contributed by atoms with Crippen LogP contribution in [0.15, 0.2) is 24.3 Å². The van der Waals surface area contributed by atoms with Gasteiger partial charge in [0.15, 0.2) is 0 Å². The highest BCUT2D eigenvalue weighted by Crippen LogP contribution is 2.15. The van der Waals surface area contributed by atoms with Crippen molar-refractivity contribution < 1.29 is 9.53 Å². The standard InChI is InChI=1S/C14H17ClN4O2/c1-3-12-16-13(18-17-12)14(20)19(2)8-9-21-11-6-4-10(15)5-7-11/h4-7H,3,8-9H2,1-2H3,(H,16,17,18). The van der Waals surface area contributed by atoms with Crippen LogP contribution in [0.25, 0.3) is 0 Å². The van der Waals surface area contributed by atoms with Gasteiger partial charge in [-0.1, -0.05) is 18.5 Å². The Morgan fingerprint density at radius 1 is 1.38 bits per heavy atom. The van der Waals surface area contributed by atoms with Gasteiger partial charge in [-0.2, -0.15) is 0 Å². The monoisotopic (exact) mass is 308 g/mol. The van der Waals surface area contributed by atoms with Crippen LogP contribution in [0.5, 0.6) is 5.75 Å². The fourth-order valence-corrected chi connectivity index (χ4v) is 1.78. The summed E-state index contributed by atoms with van der Waals surface area (Å²) in [4.78, 5) is 17.7. The number of hydrogen-bond acceptors (Lipinski definition) is 4. The van der Waals surface area contributed by atoms with Gasteiger partial charge < -0.3 is 9.64 Å². The lowest BCUT2D eigenvalue weighted by Gasteiger charge is -2.15. The van der Waals surface area contributed by atoms with Gasteiger partial charge in [-0.15, -0.1) is 5.10 Å². The number of halogens is 1. The molecule has 1 amide bonds. The average Bonchev–Trinajstić information content (AvgIpc) is 2.97. The highest BCUT2D eigenvalue weighted by Gasteiger charge is 2.16. The molecule has 0 aliphatic carbocycles. The van der Waals surface area contributed by atoms with E-state index in [2.05, 4.69) is 15.2 Å². The van der Waals surface area contributed by atoms with Crippen molar-refractivity contribution in [1.82, 2.24) is 20.1 Å². The Hall–Kier alpha value is -2.08. The second-order valence-electron chi connectivity index (χ2n) is 4.49. The zero-order valence-electron chi connectivity index (χ0n) is 12.0. The summed E-state index contributed by atoms with van der Waals surface area (Å²) in [6.45, 7) is 2.77. The number of carbonyl (C=O) groups excluding carboxylic acids is 1. The smallest absolute Gasteiger partial charge is 0.293 e. The van der Waals surface area contributed by atoms with Gasteiger partial charge >= 0.3 is 0 Å². The number of rotatable bonds is 6. The van der Waals surface area contributed by atoms with E-state index in [1.807, 2.05) is 6.92 Å². The number of benzene rings is 1. The minimum atomic E-state index is -0.231. The minimum absolute atomic E-state index is 0.181. The van der Waals surface area contributed by atoms with Gasteiger partial charge in [-0.3, -0.25) is 9.89 Å². The highest BCUT2D eigenvalue weighted by atomic mass is 35.5. The number of carbonyl (C=O) groups is 1. The molecule has 0 saturated heterocycles. The number of nitrogens with one attached hydrogen (secondary N) is 1. The lowest BCUT2D eigenvalue weighted by Crippen LogP contribution is -2.31. The summed E-state index contributed by atoms with van der Waals surface area (Å²) in [5.74, 6) is 1.36. The van der Waals surface area contributed by atoms with Crippen molar-refractivity contribution >= 4 is 17.5 Å². The average molecular weight is 309 g/mol. The molecule has 112 valence electrons. The van der Waals surface area contributed by atoms with E-state index in [0.717, 1.165) is 0 Å².